The number of ether oxygens (including phenoxy) is 1. The van der Waals surface area contributed by atoms with E-state index in [4.69, 9.17) is 4.74 Å². The Morgan fingerprint density at radius 3 is 2.75 bits per heavy atom. The Kier molecular flexibility index (Phi) is 3.22. The topological polar surface area (TPSA) is 46.8 Å². The van der Waals surface area contributed by atoms with Crippen molar-refractivity contribution in [2.24, 2.45) is 0 Å². The van der Waals surface area contributed by atoms with Gasteiger partial charge >= 0.3 is 0 Å². The highest BCUT2D eigenvalue weighted by Crippen LogP contribution is 2.15. The lowest BCUT2D eigenvalue weighted by molar-refractivity contribution is -0.0586. The van der Waals surface area contributed by atoms with Crippen molar-refractivity contribution in [1.29, 1.82) is 0 Å². The third kappa shape index (κ3) is 2.41. The first-order chi connectivity index (χ1) is 9.52. The van der Waals surface area contributed by atoms with E-state index in [-0.39, 0.29) is 18.1 Å². The molecule has 1 fully saturated rings. The summed E-state index contributed by atoms with van der Waals surface area (Å²) in [6, 6.07) is 3.70. The summed E-state index contributed by atoms with van der Waals surface area (Å²) in [5.41, 5.74) is 2.44. The molecule has 1 aliphatic heterocycles. The smallest absolute Gasteiger partial charge is 0.254 e. The number of fused-ring (bicyclic) bond motifs is 1. The van der Waals surface area contributed by atoms with Gasteiger partial charge in [0, 0.05) is 31.0 Å². The Morgan fingerprint density at radius 2 is 2.05 bits per heavy atom. The van der Waals surface area contributed by atoms with Crippen molar-refractivity contribution in [1.82, 2.24) is 14.3 Å². The van der Waals surface area contributed by atoms with E-state index in [1.807, 2.05) is 54.6 Å². The first kappa shape index (κ1) is 13.1. The zero-order valence-electron chi connectivity index (χ0n) is 12.0. The van der Waals surface area contributed by atoms with Crippen LogP contribution in [-0.4, -0.2) is 45.5 Å². The number of aromatic nitrogens is 2. The number of amides is 1. The normalized spacial score (nSPS) is 23.2. The van der Waals surface area contributed by atoms with Gasteiger partial charge in [0.1, 0.15) is 5.65 Å². The molecule has 2 unspecified atom stereocenters. The van der Waals surface area contributed by atoms with Crippen LogP contribution in [0.25, 0.3) is 5.65 Å². The molecule has 1 saturated heterocycles. The average Bonchev–Trinajstić information content (AvgIpc) is 2.75. The van der Waals surface area contributed by atoms with E-state index in [1.165, 1.54) is 0 Å². The third-order valence-electron chi connectivity index (χ3n) is 3.53. The number of pyridine rings is 1. The van der Waals surface area contributed by atoms with Crippen molar-refractivity contribution in [3.8, 4) is 0 Å². The maximum absolute atomic E-state index is 12.6. The molecule has 20 heavy (non-hydrogen) atoms. The van der Waals surface area contributed by atoms with E-state index < -0.39 is 0 Å². The zero-order valence-corrected chi connectivity index (χ0v) is 12.0. The van der Waals surface area contributed by atoms with E-state index in [0.29, 0.717) is 18.7 Å². The van der Waals surface area contributed by atoms with E-state index >= 15 is 0 Å². The predicted molar refractivity (Wildman–Crippen MR) is 75.8 cm³/mol. The Balaban J connectivity index is 1.87. The Bertz CT molecular complexity index is 640. The van der Waals surface area contributed by atoms with Crippen LogP contribution in [0.2, 0.25) is 0 Å². The number of hydrogen-bond acceptors (Lipinski definition) is 3. The predicted octanol–water partition coefficient (Wildman–Crippen LogP) is 1.89. The Hall–Kier alpha value is -1.88. The lowest BCUT2D eigenvalue weighted by Crippen LogP contribution is -2.48. The molecule has 3 rings (SSSR count). The maximum atomic E-state index is 12.6. The van der Waals surface area contributed by atoms with Gasteiger partial charge in [-0.05, 0) is 32.9 Å². The van der Waals surface area contributed by atoms with Gasteiger partial charge in [0.2, 0.25) is 0 Å². The largest absolute Gasteiger partial charge is 0.372 e. The van der Waals surface area contributed by atoms with Crippen LogP contribution in [-0.2, 0) is 4.74 Å². The Labute approximate surface area is 118 Å². The Morgan fingerprint density at radius 1 is 1.35 bits per heavy atom. The molecule has 1 aliphatic rings. The minimum absolute atomic E-state index is 0.0511. The van der Waals surface area contributed by atoms with Crippen molar-refractivity contribution in [3.05, 3.63) is 35.8 Å². The third-order valence-corrected chi connectivity index (χ3v) is 3.53. The molecule has 2 aromatic heterocycles. The fourth-order valence-electron chi connectivity index (χ4n) is 2.77. The molecule has 0 radical (unpaired) electrons. The van der Waals surface area contributed by atoms with Crippen LogP contribution in [0.1, 0.15) is 29.9 Å². The van der Waals surface area contributed by atoms with Gasteiger partial charge in [0.05, 0.1) is 17.9 Å². The molecule has 0 aromatic carbocycles. The second-order valence-corrected chi connectivity index (χ2v) is 5.53. The zero-order chi connectivity index (χ0) is 14.3. The first-order valence-corrected chi connectivity index (χ1v) is 6.93. The molecule has 0 saturated carbocycles. The van der Waals surface area contributed by atoms with E-state index in [0.717, 1.165) is 11.3 Å². The van der Waals surface area contributed by atoms with Crippen LogP contribution >= 0.6 is 0 Å². The van der Waals surface area contributed by atoms with Gasteiger partial charge in [-0.25, -0.2) is 4.98 Å². The summed E-state index contributed by atoms with van der Waals surface area (Å²) in [4.78, 5) is 18.8. The number of hydrogen-bond donors (Lipinski definition) is 0. The van der Waals surface area contributed by atoms with Gasteiger partial charge in [-0.15, -0.1) is 0 Å². The van der Waals surface area contributed by atoms with Gasteiger partial charge in [-0.1, -0.05) is 0 Å². The van der Waals surface area contributed by atoms with Gasteiger partial charge in [-0.3, -0.25) is 4.79 Å². The molecule has 3 heterocycles. The lowest BCUT2D eigenvalue weighted by atomic mass is 10.1. The highest BCUT2D eigenvalue weighted by atomic mass is 16.5. The maximum Gasteiger partial charge on any atom is 0.254 e. The number of imidazole rings is 1. The fourth-order valence-corrected chi connectivity index (χ4v) is 2.77. The van der Waals surface area contributed by atoms with E-state index in [9.17, 15) is 4.79 Å². The van der Waals surface area contributed by atoms with Gasteiger partial charge in [-0.2, -0.15) is 0 Å². The molecular formula is C15H19N3O2. The van der Waals surface area contributed by atoms with Crippen LogP contribution < -0.4 is 0 Å². The SMILES string of the molecule is Cc1cn2ccc(C(=O)N3CC(C)OC(C)C3)cc2n1. The second-order valence-electron chi connectivity index (χ2n) is 5.53. The molecule has 2 aromatic rings. The summed E-state index contributed by atoms with van der Waals surface area (Å²) < 4.78 is 7.59. The molecule has 2 atom stereocenters. The lowest BCUT2D eigenvalue weighted by Gasteiger charge is -2.35. The van der Waals surface area contributed by atoms with Gasteiger partial charge in [0.15, 0.2) is 0 Å². The minimum atomic E-state index is 0.0511. The molecule has 1 amide bonds. The molecule has 5 nitrogen and oxygen atoms in total. The summed E-state index contributed by atoms with van der Waals surface area (Å²) in [5, 5.41) is 0. The van der Waals surface area contributed by atoms with Crippen LogP contribution in [0.3, 0.4) is 0 Å². The monoisotopic (exact) mass is 273 g/mol. The highest BCUT2D eigenvalue weighted by molar-refractivity contribution is 5.95. The molecule has 106 valence electrons. The molecular weight excluding hydrogens is 254 g/mol. The van der Waals surface area contributed by atoms with Crippen molar-refractivity contribution in [3.63, 3.8) is 0 Å². The summed E-state index contributed by atoms with van der Waals surface area (Å²) in [5.74, 6) is 0.0511. The highest BCUT2D eigenvalue weighted by Gasteiger charge is 2.26. The van der Waals surface area contributed by atoms with Gasteiger partial charge < -0.3 is 14.0 Å². The molecule has 5 heteroatoms. The summed E-state index contributed by atoms with van der Waals surface area (Å²) >= 11 is 0. The van der Waals surface area contributed by atoms with Crippen molar-refractivity contribution in [2.75, 3.05) is 13.1 Å². The van der Waals surface area contributed by atoms with Crippen molar-refractivity contribution >= 4 is 11.6 Å². The second kappa shape index (κ2) is 4.90. The number of carbonyl (C=O) groups excluding carboxylic acids is 1. The van der Waals surface area contributed by atoms with Crippen LogP contribution in [0.15, 0.2) is 24.5 Å². The fraction of sp³-hybridized carbons (Fsp3) is 0.467. The van der Waals surface area contributed by atoms with E-state index in [2.05, 4.69) is 4.98 Å². The molecule has 0 spiro atoms. The van der Waals surface area contributed by atoms with Crippen molar-refractivity contribution < 1.29 is 9.53 Å². The first-order valence-electron chi connectivity index (χ1n) is 6.93. The summed E-state index contributed by atoms with van der Waals surface area (Å²) in [6.07, 6.45) is 4.00. The summed E-state index contributed by atoms with van der Waals surface area (Å²) in [6.45, 7) is 7.22. The van der Waals surface area contributed by atoms with Crippen molar-refractivity contribution in [2.45, 2.75) is 33.0 Å². The number of rotatable bonds is 1. The average molecular weight is 273 g/mol. The standard InChI is InChI=1S/C15H19N3O2/c1-10-7-17-5-4-13(6-14(17)16-10)15(19)18-8-11(2)20-12(3)9-18/h4-7,11-12H,8-9H2,1-3H3. The van der Waals surface area contributed by atoms with Crippen LogP contribution in [0, 0.1) is 6.92 Å². The molecule has 0 bridgehead atoms. The number of nitrogens with zero attached hydrogens (tertiary/aromatic N) is 3. The summed E-state index contributed by atoms with van der Waals surface area (Å²) in [7, 11) is 0. The van der Waals surface area contributed by atoms with Crippen LogP contribution in [0.4, 0.5) is 0 Å². The van der Waals surface area contributed by atoms with Crippen LogP contribution in [0.5, 0.6) is 0 Å². The van der Waals surface area contributed by atoms with Gasteiger partial charge in [0.25, 0.3) is 5.91 Å². The molecule has 0 N–H and O–H groups in total. The van der Waals surface area contributed by atoms with E-state index in [1.54, 1.807) is 0 Å². The quantitative estimate of drug-likeness (QED) is 0.797. The minimum Gasteiger partial charge on any atom is -0.372 e. The number of aryl methyl sites for hydroxylation is 1. The number of morpholine rings is 1. The molecule has 0 aliphatic carbocycles. The number of carbonyl (C=O) groups is 1.